The maximum Gasteiger partial charge on any atom is 0.132 e. The summed E-state index contributed by atoms with van der Waals surface area (Å²) < 4.78 is 14.6. The zero-order valence-corrected chi connectivity index (χ0v) is 17.2. The third-order valence-corrected chi connectivity index (χ3v) is 5.62. The fraction of sp³-hybridized carbons (Fsp3) is 0.0370. The highest BCUT2D eigenvalue weighted by Gasteiger charge is 2.26. The van der Waals surface area contributed by atoms with Gasteiger partial charge in [0, 0.05) is 17.3 Å². The van der Waals surface area contributed by atoms with Crippen molar-refractivity contribution < 1.29 is 4.39 Å². The highest BCUT2D eigenvalue weighted by molar-refractivity contribution is 5.69. The van der Waals surface area contributed by atoms with Crippen LogP contribution in [0.3, 0.4) is 0 Å². The zero-order valence-electron chi connectivity index (χ0n) is 17.2. The zero-order chi connectivity index (χ0) is 21.9. The van der Waals surface area contributed by atoms with E-state index in [1.807, 2.05) is 36.4 Å². The molecule has 0 amide bonds. The Bertz CT molecular complexity index is 1340. The van der Waals surface area contributed by atoms with E-state index in [-0.39, 0.29) is 11.7 Å². The van der Waals surface area contributed by atoms with Crippen LogP contribution in [0, 0.1) is 5.82 Å². The van der Waals surface area contributed by atoms with Gasteiger partial charge >= 0.3 is 0 Å². The van der Waals surface area contributed by atoms with E-state index in [0.29, 0.717) is 22.6 Å². The molecule has 0 saturated carbocycles. The van der Waals surface area contributed by atoms with Gasteiger partial charge in [-0.15, -0.1) is 0 Å². The first kappa shape index (κ1) is 19.7. The number of hydrogen-bond donors (Lipinski definition) is 2. The van der Waals surface area contributed by atoms with Crippen LogP contribution < -0.4 is 5.73 Å². The topological polar surface area (TPSA) is 67.6 Å². The van der Waals surface area contributed by atoms with Crippen LogP contribution in [0.15, 0.2) is 103 Å². The first-order chi connectivity index (χ1) is 15.7. The van der Waals surface area contributed by atoms with Gasteiger partial charge in [-0.2, -0.15) is 5.10 Å². The van der Waals surface area contributed by atoms with Crippen molar-refractivity contribution in [2.45, 2.75) is 5.92 Å². The predicted molar refractivity (Wildman–Crippen MR) is 125 cm³/mol. The van der Waals surface area contributed by atoms with Crippen LogP contribution in [0.4, 0.5) is 10.1 Å². The Hall–Kier alpha value is -4.25. The van der Waals surface area contributed by atoms with Crippen molar-refractivity contribution in [1.29, 1.82) is 0 Å². The molecule has 2 heterocycles. The SMILES string of the molecule is Nc1cccnc1C(c1ccc(-c2ccccc2)cc1)c1cn[nH]c1-c1ccccc1F. The number of aromatic nitrogens is 3. The molecule has 0 bridgehead atoms. The molecule has 5 aromatic rings. The van der Waals surface area contributed by atoms with E-state index in [4.69, 9.17) is 5.73 Å². The van der Waals surface area contributed by atoms with Crippen LogP contribution in [0.5, 0.6) is 0 Å². The molecule has 3 aromatic carbocycles. The number of pyridine rings is 1. The second kappa shape index (κ2) is 8.47. The number of nitrogen functional groups attached to an aromatic ring is 1. The van der Waals surface area contributed by atoms with Gasteiger partial charge in [-0.1, -0.05) is 66.7 Å². The summed E-state index contributed by atoms with van der Waals surface area (Å²) >= 11 is 0. The molecule has 5 heteroatoms. The Kier molecular flexibility index (Phi) is 5.22. The van der Waals surface area contributed by atoms with E-state index in [0.717, 1.165) is 22.3 Å². The van der Waals surface area contributed by atoms with Crippen LogP contribution in [-0.4, -0.2) is 15.2 Å². The molecule has 0 spiro atoms. The Morgan fingerprint density at radius 3 is 2.25 bits per heavy atom. The number of anilines is 1. The number of rotatable bonds is 5. The molecule has 0 fully saturated rings. The smallest absolute Gasteiger partial charge is 0.132 e. The van der Waals surface area contributed by atoms with E-state index < -0.39 is 0 Å². The summed E-state index contributed by atoms with van der Waals surface area (Å²) in [5.41, 5.74) is 12.8. The molecule has 2 aromatic heterocycles. The van der Waals surface area contributed by atoms with Gasteiger partial charge in [0.05, 0.1) is 29.2 Å². The number of H-pyrrole nitrogens is 1. The van der Waals surface area contributed by atoms with E-state index in [1.165, 1.54) is 6.07 Å². The standard InChI is InChI=1S/C27H21FN4/c28-23-10-5-4-9-21(23)26-22(17-31-32-26)25(27-24(29)11-6-16-30-27)20-14-12-19(13-15-20)18-7-2-1-3-8-18/h1-17,25H,29H2,(H,31,32). The molecule has 4 nitrogen and oxygen atoms in total. The summed E-state index contributed by atoms with van der Waals surface area (Å²) in [4.78, 5) is 4.59. The molecule has 3 N–H and O–H groups in total. The molecule has 0 saturated heterocycles. The molecule has 0 aliphatic carbocycles. The molecule has 0 aliphatic heterocycles. The maximum absolute atomic E-state index is 14.6. The van der Waals surface area contributed by atoms with Crippen molar-refractivity contribution in [3.8, 4) is 22.4 Å². The van der Waals surface area contributed by atoms with Gasteiger partial charge in [0.25, 0.3) is 0 Å². The Morgan fingerprint density at radius 1 is 0.781 bits per heavy atom. The average molecular weight is 420 g/mol. The molecule has 0 aliphatic rings. The van der Waals surface area contributed by atoms with Gasteiger partial charge in [0.2, 0.25) is 0 Å². The van der Waals surface area contributed by atoms with Gasteiger partial charge in [0.1, 0.15) is 5.82 Å². The summed E-state index contributed by atoms with van der Waals surface area (Å²) in [6.07, 6.45) is 3.45. The summed E-state index contributed by atoms with van der Waals surface area (Å²) in [7, 11) is 0. The van der Waals surface area contributed by atoms with Crippen molar-refractivity contribution in [1.82, 2.24) is 15.2 Å². The van der Waals surface area contributed by atoms with Crippen molar-refractivity contribution >= 4 is 5.69 Å². The lowest BCUT2D eigenvalue weighted by Gasteiger charge is -2.20. The van der Waals surface area contributed by atoms with E-state index >= 15 is 0 Å². The Balaban J connectivity index is 1.65. The molecular weight excluding hydrogens is 399 g/mol. The van der Waals surface area contributed by atoms with E-state index in [2.05, 4.69) is 51.6 Å². The van der Waals surface area contributed by atoms with Gasteiger partial charge in [0.15, 0.2) is 0 Å². The van der Waals surface area contributed by atoms with Crippen molar-refractivity contribution in [2.24, 2.45) is 0 Å². The van der Waals surface area contributed by atoms with Crippen molar-refractivity contribution in [2.75, 3.05) is 5.73 Å². The van der Waals surface area contributed by atoms with Crippen LogP contribution in [0.1, 0.15) is 22.7 Å². The first-order valence-corrected chi connectivity index (χ1v) is 10.4. The van der Waals surface area contributed by atoms with Crippen molar-refractivity contribution in [3.63, 3.8) is 0 Å². The number of aromatic amines is 1. The fourth-order valence-corrected chi connectivity index (χ4v) is 4.05. The third kappa shape index (κ3) is 3.65. The van der Waals surface area contributed by atoms with Crippen LogP contribution in [0.25, 0.3) is 22.4 Å². The average Bonchev–Trinajstić information content (AvgIpc) is 3.31. The minimum absolute atomic E-state index is 0.311. The fourth-order valence-electron chi connectivity index (χ4n) is 4.05. The molecular formula is C27H21FN4. The van der Waals surface area contributed by atoms with Crippen molar-refractivity contribution in [3.05, 3.63) is 126 Å². The summed E-state index contributed by atoms with van der Waals surface area (Å²) in [5, 5.41) is 7.23. The maximum atomic E-state index is 14.6. The number of nitrogens with one attached hydrogen (secondary N) is 1. The lowest BCUT2D eigenvalue weighted by atomic mass is 9.85. The minimum atomic E-state index is -0.315. The highest BCUT2D eigenvalue weighted by atomic mass is 19.1. The second-order valence-corrected chi connectivity index (χ2v) is 7.58. The van der Waals surface area contributed by atoms with E-state index in [9.17, 15) is 4.39 Å². The first-order valence-electron chi connectivity index (χ1n) is 10.4. The monoisotopic (exact) mass is 420 g/mol. The number of halogens is 1. The van der Waals surface area contributed by atoms with Crippen LogP contribution >= 0.6 is 0 Å². The molecule has 1 unspecified atom stereocenters. The lowest BCUT2D eigenvalue weighted by molar-refractivity contribution is 0.630. The summed E-state index contributed by atoms with van der Waals surface area (Å²) in [5.74, 6) is -0.625. The Morgan fingerprint density at radius 2 is 1.50 bits per heavy atom. The number of benzene rings is 3. The normalized spacial score (nSPS) is 11.9. The molecule has 156 valence electrons. The molecule has 5 rings (SSSR count). The van der Waals surface area contributed by atoms with Gasteiger partial charge in [-0.05, 0) is 41.0 Å². The molecule has 0 radical (unpaired) electrons. The lowest BCUT2D eigenvalue weighted by Crippen LogP contribution is -2.09. The van der Waals surface area contributed by atoms with Crippen LogP contribution in [0.2, 0.25) is 0 Å². The van der Waals surface area contributed by atoms with Gasteiger partial charge in [-0.3, -0.25) is 10.1 Å². The number of hydrogen-bond acceptors (Lipinski definition) is 3. The van der Waals surface area contributed by atoms with Gasteiger partial charge in [-0.25, -0.2) is 4.39 Å². The van der Waals surface area contributed by atoms with E-state index in [1.54, 1.807) is 24.5 Å². The minimum Gasteiger partial charge on any atom is -0.397 e. The van der Waals surface area contributed by atoms with Gasteiger partial charge < -0.3 is 5.73 Å². The highest BCUT2D eigenvalue weighted by Crippen LogP contribution is 2.39. The third-order valence-electron chi connectivity index (χ3n) is 5.62. The summed E-state index contributed by atoms with van der Waals surface area (Å²) in [6, 6.07) is 28.8. The molecule has 32 heavy (non-hydrogen) atoms. The largest absolute Gasteiger partial charge is 0.397 e. The summed E-state index contributed by atoms with van der Waals surface area (Å²) in [6.45, 7) is 0. The number of nitrogens with zero attached hydrogens (tertiary/aromatic N) is 2. The molecule has 1 atom stereocenters. The number of nitrogens with two attached hydrogens (primary N) is 1. The van der Waals surface area contributed by atoms with Crippen LogP contribution in [-0.2, 0) is 0 Å². The predicted octanol–water partition coefficient (Wildman–Crippen LogP) is 6.04. The Labute approximate surface area is 185 Å². The second-order valence-electron chi connectivity index (χ2n) is 7.58. The quantitative estimate of drug-likeness (QED) is 0.364.